The van der Waals surface area contributed by atoms with Crippen molar-refractivity contribution in [2.24, 2.45) is 11.7 Å². The number of hydrogen-bond acceptors (Lipinski definition) is 3. The van der Waals surface area contributed by atoms with Crippen molar-refractivity contribution in [2.45, 2.75) is 25.0 Å². The molecule has 1 heterocycles. The molecule has 1 saturated carbocycles. The fraction of sp³-hybridized carbons (Fsp3) is 1.00. The molecule has 1 spiro atoms. The molecule has 3 nitrogen and oxygen atoms in total. The summed E-state index contributed by atoms with van der Waals surface area (Å²) in [6.07, 6.45) is 3.20. The Bertz CT molecular complexity index is 143. The lowest BCUT2D eigenvalue weighted by molar-refractivity contribution is -0.152. The monoisotopic (exact) mass is 157 g/mol. The van der Waals surface area contributed by atoms with E-state index in [1.807, 2.05) is 0 Å². The highest BCUT2D eigenvalue weighted by Gasteiger charge is 2.43. The summed E-state index contributed by atoms with van der Waals surface area (Å²) in [4.78, 5) is 0. The van der Waals surface area contributed by atoms with Crippen LogP contribution in [0.15, 0.2) is 0 Å². The highest BCUT2D eigenvalue weighted by atomic mass is 16.7. The van der Waals surface area contributed by atoms with Gasteiger partial charge in [-0.05, 0) is 18.9 Å². The van der Waals surface area contributed by atoms with Crippen LogP contribution in [0.2, 0.25) is 0 Å². The summed E-state index contributed by atoms with van der Waals surface area (Å²) in [5.74, 6) is 0.400. The van der Waals surface area contributed by atoms with Crippen molar-refractivity contribution in [1.29, 1.82) is 0 Å². The molecule has 0 unspecified atom stereocenters. The van der Waals surface area contributed by atoms with E-state index in [4.69, 9.17) is 15.2 Å². The highest BCUT2D eigenvalue weighted by Crippen LogP contribution is 2.40. The van der Waals surface area contributed by atoms with Crippen molar-refractivity contribution < 1.29 is 9.47 Å². The molecular formula is C8H15NO2. The Morgan fingerprint density at radius 2 is 2.09 bits per heavy atom. The molecule has 3 heteroatoms. The zero-order valence-corrected chi connectivity index (χ0v) is 6.71. The van der Waals surface area contributed by atoms with Crippen molar-refractivity contribution >= 4 is 0 Å². The number of ether oxygens (including phenoxy) is 2. The van der Waals surface area contributed by atoms with Crippen LogP contribution in [-0.2, 0) is 9.47 Å². The van der Waals surface area contributed by atoms with Gasteiger partial charge in [0.05, 0.1) is 13.2 Å². The summed E-state index contributed by atoms with van der Waals surface area (Å²) < 4.78 is 11.1. The number of hydrogen-bond donors (Lipinski definition) is 1. The van der Waals surface area contributed by atoms with E-state index in [1.54, 1.807) is 0 Å². The first kappa shape index (κ1) is 7.53. The summed E-state index contributed by atoms with van der Waals surface area (Å²) >= 11 is 0. The first-order valence-electron chi connectivity index (χ1n) is 4.33. The lowest BCUT2D eigenvalue weighted by Gasteiger charge is -2.21. The summed E-state index contributed by atoms with van der Waals surface area (Å²) in [5, 5.41) is 0. The molecule has 11 heavy (non-hydrogen) atoms. The fourth-order valence-electron chi connectivity index (χ4n) is 2.03. The van der Waals surface area contributed by atoms with Gasteiger partial charge < -0.3 is 15.2 Å². The molecule has 0 bridgehead atoms. The number of nitrogens with two attached hydrogens (primary N) is 1. The average molecular weight is 157 g/mol. The molecule has 2 rings (SSSR count). The van der Waals surface area contributed by atoms with Crippen LogP contribution in [0.25, 0.3) is 0 Å². The molecule has 0 aromatic heterocycles. The average Bonchev–Trinajstić information content (AvgIpc) is 2.62. The van der Waals surface area contributed by atoms with Gasteiger partial charge in [-0.15, -0.1) is 0 Å². The van der Waals surface area contributed by atoms with Gasteiger partial charge in [-0.3, -0.25) is 0 Å². The van der Waals surface area contributed by atoms with Gasteiger partial charge in [0.1, 0.15) is 0 Å². The van der Waals surface area contributed by atoms with Gasteiger partial charge >= 0.3 is 0 Å². The van der Waals surface area contributed by atoms with Crippen LogP contribution in [-0.4, -0.2) is 25.5 Å². The minimum atomic E-state index is -0.218. The lowest BCUT2D eigenvalue weighted by Crippen LogP contribution is -2.27. The van der Waals surface area contributed by atoms with E-state index in [-0.39, 0.29) is 5.79 Å². The summed E-state index contributed by atoms with van der Waals surface area (Å²) in [7, 11) is 0. The Kier molecular flexibility index (Phi) is 1.87. The number of rotatable bonds is 1. The Hall–Kier alpha value is -0.120. The molecule has 0 amide bonds. The second-order valence-electron chi connectivity index (χ2n) is 3.45. The van der Waals surface area contributed by atoms with Crippen LogP contribution >= 0.6 is 0 Å². The van der Waals surface area contributed by atoms with Gasteiger partial charge in [0.25, 0.3) is 0 Å². The lowest BCUT2D eigenvalue weighted by atomic mass is 10.1. The Balaban J connectivity index is 1.96. The van der Waals surface area contributed by atoms with Crippen molar-refractivity contribution in [3.05, 3.63) is 0 Å². The SMILES string of the molecule is NC[C@@H]1CCC2(C1)OCCO2. The van der Waals surface area contributed by atoms with Crippen LogP contribution < -0.4 is 5.73 Å². The van der Waals surface area contributed by atoms with E-state index < -0.39 is 0 Å². The van der Waals surface area contributed by atoms with Gasteiger partial charge in [0, 0.05) is 12.8 Å². The van der Waals surface area contributed by atoms with Crippen molar-refractivity contribution in [2.75, 3.05) is 19.8 Å². The highest BCUT2D eigenvalue weighted by molar-refractivity contribution is 4.86. The van der Waals surface area contributed by atoms with E-state index in [1.165, 1.54) is 0 Å². The van der Waals surface area contributed by atoms with E-state index in [0.717, 1.165) is 39.0 Å². The molecular weight excluding hydrogens is 142 g/mol. The third kappa shape index (κ3) is 1.28. The standard InChI is InChI=1S/C8H15NO2/c9-6-7-1-2-8(5-7)10-3-4-11-8/h7H,1-6,9H2/t7-/m1/s1. The van der Waals surface area contributed by atoms with Gasteiger partial charge in [0.2, 0.25) is 0 Å². The molecule has 2 aliphatic rings. The third-order valence-electron chi connectivity index (χ3n) is 2.68. The van der Waals surface area contributed by atoms with Crippen LogP contribution in [0.5, 0.6) is 0 Å². The Morgan fingerprint density at radius 3 is 2.64 bits per heavy atom. The molecule has 64 valence electrons. The first-order chi connectivity index (χ1) is 5.35. The van der Waals surface area contributed by atoms with Crippen LogP contribution in [0.1, 0.15) is 19.3 Å². The largest absolute Gasteiger partial charge is 0.348 e. The maximum absolute atomic E-state index is 5.57. The van der Waals surface area contributed by atoms with Crippen molar-refractivity contribution in [3.63, 3.8) is 0 Å². The topological polar surface area (TPSA) is 44.5 Å². The molecule has 1 aliphatic heterocycles. The van der Waals surface area contributed by atoms with Gasteiger partial charge in [0.15, 0.2) is 5.79 Å². The van der Waals surface area contributed by atoms with Crippen molar-refractivity contribution in [1.82, 2.24) is 0 Å². The molecule has 0 aromatic rings. The third-order valence-corrected chi connectivity index (χ3v) is 2.68. The quantitative estimate of drug-likeness (QED) is 0.602. The molecule has 0 aromatic carbocycles. The minimum absolute atomic E-state index is 0.218. The summed E-state index contributed by atoms with van der Waals surface area (Å²) in [6.45, 7) is 2.29. The molecule has 0 radical (unpaired) electrons. The van der Waals surface area contributed by atoms with E-state index >= 15 is 0 Å². The fourth-order valence-corrected chi connectivity index (χ4v) is 2.03. The van der Waals surface area contributed by atoms with E-state index in [2.05, 4.69) is 0 Å². The Morgan fingerprint density at radius 1 is 1.36 bits per heavy atom. The minimum Gasteiger partial charge on any atom is -0.348 e. The van der Waals surface area contributed by atoms with Crippen LogP contribution in [0.4, 0.5) is 0 Å². The first-order valence-corrected chi connectivity index (χ1v) is 4.33. The smallest absolute Gasteiger partial charge is 0.168 e. The van der Waals surface area contributed by atoms with E-state index in [9.17, 15) is 0 Å². The maximum atomic E-state index is 5.57. The normalized spacial score (nSPS) is 35.2. The summed E-state index contributed by atoms with van der Waals surface area (Å²) in [5.41, 5.74) is 5.57. The van der Waals surface area contributed by atoms with E-state index in [0.29, 0.717) is 5.92 Å². The van der Waals surface area contributed by atoms with Gasteiger partial charge in [-0.25, -0.2) is 0 Å². The predicted molar refractivity (Wildman–Crippen MR) is 41.0 cm³/mol. The van der Waals surface area contributed by atoms with Gasteiger partial charge in [-0.1, -0.05) is 0 Å². The molecule has 2 N–H and O–H groups in total. The van der Waals surface area contributed by atoms with Crippen LogP contribution in [0, 0.1) is 5.92 Å². The molecule has 1 atom stereocenters. The molecule has 1 aliphatic carbocycles. The predicted octanol–water partition coefficient (Wildman–Crippen LogP) is 0.488. The zero-order chi connectivity index (χ0) is 7.73. The molecule has 1 saturated heterocycles. The maximum Gasteiger partial charge on any atom is 0.168 e. The second kappa shape index (κ2) is 2.73. The molecule has 2 fully saturated rings. The zero-order valence-electron chi connectivity index (χ0n) is 6.71. The second-order valence-corrected chi connectivity index (χ2v) is 3.45. The Labute approximate surface area is 66.8 Å². The van der Waals surface area contributed by atoms with Crippen molar-refractivity contribution in [3.8, 4) is 0 Å². The summed E-state index contributed by atoms with van der Waals surface area (Å²) in [6, 6.07) is 0. The van der Waals surface area contributed by atoms with Gasteiger partial charge in [-0.2, -0.15) is 0 Å². The van der Waals surface area contributed by atoms with Crippen LogP contribution in [0.3, 0.4) is 0 Å².